The highest BCUT2D eigenvalue weighted by molar-refractivity contribution is 6.45. The standard InChI is InChI=1S/C14H10Cl3N5/c1-20-14(21-6-18)11-3-2-8(13(19)22-11)9-4-7(15)5-10(16)12(9)17/h2-5H,1H3,(H2,19,22)(H,20,21). The lowest BCUT2D eigenvalue weighted by Gasteiger charge is -2.11. The van der Waals surface area contributed by atoms with Crippen LogP contribution in [0.4, 0.5) is 5.82 Å². The number of nitrogens with two attached hydrogens (primary N) is 1. The van der Waals surface area contributed by atoms with Crippen LogP contribution in [-0.4, -0.2) is 17.9 Å². The molecule has 0 radical (unpaired) electrons. The Hall–Kier alpha value is -2.00. The largest absolute Gasteiger partial charge is 0.383 e. The Balaban J connectivity index is 2.54. The molecule has 1 aromatic carbocycles. The molecule has 0 atom stereocenters. The van der Waals surface area contributed by atoms with Gasteiger partial charge in [-0.25, -0.2) is 4.98 Å². The predicted octanol–water partition coefficient (Wildman–Crippen LogP) is 3.74. The van der Waals surface area contributed by atoms with Gasteiger partial charge in [0.2, 0.25) is 0 Å². The second-order valence-corrected chi connectivity index (χ2v) is 5.41. The van der Waals surface area contributed by atoms with Crippen LogP contribution in [0.1, 0.15) is 5.69 Å². The van der Waals surface area contributed by atoms with Gasteiger partial charge in [0.1, 0.15) is 11.5 Å². The lowest BCUT2D eigenvalue weighted by atomic mass is 10.1. The van der Waals surface area contributed by atoms with Gasteiger partial charge in [0.25, 0.3) is 0 Å². The highest BCUT2D eigenvalue weighted by Crippen LogP contribution is 2.38. The number of amidine groups is 1. The number of nitriles is 1. The minimum absolute atomic E-state index is 0.221. The molecule has 2 aromatic rings. The summed E-state index contributed by atoms with van der Waals surface area (Å²) >= 11 is 18.2. The molecule has 1 heterocycles. The van der Waals surface area contributed by atoms with E-state index >= 15 is 0 Å². The molecule has 0 bridgehead atoms. The maximum Gasteiger partial charge on any atom is 0.182 e. The summed E-state index contributed by atoms with van der Waals surface area (Å²) in [7, 11) is 1.54. The fourth-order valence-corrected chi connectivity index (χ4v) is 2.58. The van der Waals surface area contributed by atoms with E-state index in [0.29, 0.717) is 37.7 Å². The number of nitrogen functional groups attached to an aromatic ring is 1. The average molecular weight is 355 g/mol. The SMILES string of the molecule is CN=C(NC#N)c1ccc(-c2cc(Cl)cc(Cl)c2Cl)c(N)n1. The van der Waals surface area contributed by atoms with E-state index in [4.69, 9.17) is 45.8 Å². The van der Waals surface area contributed by atoms with E-state index in [2.05, 4.69) is 15.3 Å². The number of nitrogens with zero attached hydrogens (tertiary/aromatic N) is 3. The van der Waals surface area contributed by atoms with Crippen molar-refractivity contribution in [1.29, 1.82) is 5.26 Å². The first-order chi connectivity index (χ1) is 10.5. The first-order valence-corrected chi connectivity index (χ1v) is 7.15. The van der Waals surface area contributed by atoms with Crippen LogP contribution in [0.25, 0.3) is 11.1 Å². The maximum absolute atomic E-state index is 8.68. The van der Waals surface area contributed by atoms with Gasteiger partial charge < -0.3 is 5.73 Å². The van der Waals surface area contributed by atoms with Gasteiger partial charge >= 0.3 is 0 Å². The third-order valence-corrected chi connectivity index (χ3v) is 3.87. The van der Waals surface area contributed by atoms with Crippen molar-refractivity contribution in [2.24, 2.45) is 4.99 Å². The fourth-order valence-electron chi connectivity index (χ4n) is 1.87. The Morgan fingerprint density at radius 3 is 2.59 bits per heavy atom. The summed E-state index contributed by atoms with van der Waals surface area (Å²) in [6.07, 6.45) is 1.79. The van der Waals surface area contributed by atoms with Crippen molar-refractivity contribution < 1.29 is 0 Å². The molecular formula is C14H10Cl3N5. The van der Waals surface area contributed by atoms with Crippen LogP contribution in [0.15, 0.2) is 29.3 Å². The molecule has 1 aromatic heterocycles. The van der Waals surface area contributed by atoms with Gasteiger partial charge in [-0.05, 0) is 24.3 Å². The van der Waals surface area contributed by atoms with Gasteiger partial charge in [-0.15, -0.1) is 0 Å². The molecule has 0 fully saturated rings. The zero-order valence-corrected chi connectivity index (χ0v) is 13.6. The minimum atomic E-state index is 0.221. The van der Waals surface area contributed by atoms with Crippen LogP contribution in [0.2, 0.25) is 15.1 Å². The molecule has 0 spiro atoms. The molecule has 0 amide bonds. The normalized spacial score (nSPS) is 11.1. The number of benzene rings is 1. The molecule has 0 aliphatic rings. The number of hydrogen-bond acceptors (Lipinski definition) is 4. The van der Waals surface area contributed by atoms with Crippen molar-refractivity contribution in [1.82, 2.24) is 10.3 Å². The molecule has 3 N–H and O–H groups in total. The topological polar surface area (TPSA) is 87.1 Å². The first-order valence-electron chi connectivity index (χ1n) is 6.01. The van der Waals surface area contributed by atoms with E-state index in [1.807, 2.05) is 0 Å². The molecule has 8 heteroatoms. The van der Waals surface area contributed by atoms with E-state index in [9.17, 15) is 0 Å². The van der Waals surface area contributed by atoms with Crippen molar-refractivity contribution in [3.63, 3.8) is 0 Å². The Bertz CT molecular complexity index is 796. The molecule has 0 saturated carbocycles. The molecule has 112 valence electrons. The predicted molar refractivity (Wildman–Crippen MR) is 90.3 cm³/mol. The second-order valence-electron chi connectivity index (χ2n) is 4.19. The molecular weight excluding hydrogens is 345 g/mol. The fraction of sp³-hybridized carbons (Fsp3) is 0.0714. The number of halogens is 3. The molecule has 0 aliphatic heterocycles. The Morgan fingerprint density at radius 1 is 1.27 bits per heavy atom. The van der Waals surface area contributed by atoms with Crippen molar-refractivity contribution in [2.45, 2.75) is 0 Å². The number of pyridine rings is 1. The third-order valence-electron chi connectivity index (χ3n) is 2.85. The Labute approximate surface area is 142 Å². The first kappa shape index (κ1) is 16.4. The van der Waals surface area contributed by atoms with E-state index in [0.717, 1.165) is 0 Å². The number of aromatic nitrogens is 1. The third kappa shape index (κ3) is 3.25. The molecule has 2 rings (SSSR count). The van der Waals surface area contributed by atoms with Crippen molar-refractivity contribution in [3.8, 4) is 17.3 Å². The summed E-state index contributed by atoms with van der Waals surface area (Å²) in [6, 6.07) is 6.59. The van der Waals surface area contributed by atoms with Crippen molar-refractivity contribution in [3.05, 3.63) is 45.0 Å². The average Bonchev–Trinajstić information content (AvgIpc) is 2.48. The second kappa shape index (κ2) is 6.84. The van der Waals surface area contributed by atoms with Gasteiger partial charge in [-0.1, -0.05) is 34.8 Å². The molecule has 22 heavy (non-hydrogen) atoms. The van der Waals surface area contributed by atoms with Crippen molar-refractivity contribution >= 4 is 46.5 Å². The zero-order chi connectivity index (χ0) is 16.3. The molecule has 0 unspecified atom stereocenters. The number of aliphatic imine (C=N–C) groups is 1. The quantitative estimate of drug-likeness (QED) is 0.283. The lowest BCUT2D eigenvalue weighted by molar-refractivity contribution is 1.18. The maximum atomic E-state index is 8.68. The smallest absolute Gasteiger partial charge is 0.182 e. The highest BCUT2D eigenvalue weighted by atomic mass is 35.5. The monoisotopic (exact) mass is 353 g/mol. The highest BCUT2D eigenvalue weighted by Gasteiger charge is 2.14. The molecule has 5 nitrogen and oxygen atoms in total. The van der Waals surface area contributed by atoms with E-state index < -0.39 is 0 Å². The summed E-state index contributed by atoms with van der Waals surface area (Å²) in [6.45, 7) is 0. The van der Waals surface area contributed by atoms with E-state index in [1.165, 1.54) is 0 Å². The summed E-state index contributed by atoms with van der Waals surface area (Å²) in [5, 5.41) is 12.2. The Morgan fingerprint density at radius 2 is 2.00 bits per heavy atom. The summed E-state index contributed by atoms with van der Waals surface area (Å²) < 4.78 is 0. The summed E-state index contributed by atoms with van der Waals surface area (Å²) in [5.74, 6) is 0.537. The summed E-state index contributed by atoms with van der Waals surface area (Å²) in [5.41, 5.74) is 7.60. The van der Waals surface area contributed by atoms with E-state index in [-0.39, 0.29) is 5.82 Å². The zero-order valence-electron chi connectivity index (χ0n) is 11.4. The summed E-state index contributed by atoms with van der Waals surface area (Å²) in [4.78, 5) is 8.16. The number of anilines is 1. The molecule has 0 saturated heterocycles. The molecule has 0 aliphatic carbocycles. The number of rotatable bonds is 2. The van der Waals surface area contributed by atoms with Gasteiger partial charge in [-0.2, -0.15) is 5.26 Å². The Kier molecular flexibility index (Phi) is 5.09. The van der Waals surface area contributed by atoms with Crippen molar-refractivity contribution in [2.75, 3.05) is 12.8 Å². The van der Waals surface area contributed by atoms with E-state index in [1.54, 1.807) is 37.5 Å². The number of hydrogen-bond donors (Lipinski definition) is 2. The van der Waals surface area contributed by atoms with Gasteiger partial charge in [-0.3, -0.25) is 10.3 Å². The van der Waals surface area contributed by atoms with Gasteiger partial charge in [0.05, 0.1) is 10.0 Å². The van der Waals surface area contributed by atoms with Crippen LogP contribution in [0.5, 0.6) is 0 Å². The van der Waals surface area contributed by atoms with Gasteiger partial charge in [0, 0.05) is 23.2 Å². The van der Waals surface area contributed by atoms with Crippen LogP contribution < -0.4 is 11.1 Å². The number of nitrogens with one attached hydrogen (secondary N) is 1. The van der Waals surface area contributed by atoms with Crippen LogP contribution >= 0.6 is 34.8 Å². The minimum Gasteiger partial charge on any atom is -0.383 e. The van der Waals surface area contributed by atoms with Crippen LogP contribution in [0, 0.1) is 11.5 Å². The van der Waals surface area contributed by atoms with Crippen LogP contribution in [-0.2, 0) is 0 Å². The van der Waals surface area contributed by atoms with Crippen LogP contribution in [0.3, 0.4) is 0 Å². The lowest BCUT2D eigenvalue weighted by Crippen LogP contribution is -2.20. The van der Waals surface area contributed by atoms with Gasteiger partial charge in [0.15, 0.2) is 12.0 Å².